The largest absolute Gasteiger partial charge is 0.343 e. The van der Waals surface area contributed by atoms with Crippen LogP contribution in [0.15, 0.2) is 42.5 Å². The molecular formula is C13H17ClN2. The smallest absolute Gasteiger partial charge is 0.0475 e. The summed E-state index contributed by atoms with van der Waals surface area (Å²) in [4.78, 5) is 0. The van der Waals surface area contributed by atoms with Gasteiger partial charge in [0, 0.05) is 24.5 Å². The fourth-order valence-electron chi connectivity index (χ4n) is 1.79. The van der Waals surface area contributed by atoms with Gasteiger partial charge in [0.15, 0.2) is 0 Å². The first-order valence-corrected chi connectivity index (χ1v) is 5.20. The van der Waals surface area contributed by atoms with Crippen LogP contribution in [0.1, 0.15) is 17.0 Å². The molecule has 2 nitrogen and oxygen atoms in total. The SMILES string of the molecule is Cc1ccc(CN)n1Cc1ccccc1.Cl. The monoisotopic (exact) mass is 236 g/mol. The number of rotatable bonds is 3. The van der Waals surface area contributed by atoms with E-state index in [1.807, 2.05) is 6.07 Å². The van der Waals surface area contributed by atoms with Crippen LogP contribution in [-0.4, -0.2) is 4.57 Å². The van der Waals surface area contributed by atoms with Crippen LogP contribution in [0, 0.1) is 6.92 Å². The van der Waals surface area contributed by atoms with Crippen LogP contribution in [0.4, 0.5) is 0 Å². The number of hydrogen-bond donors (Lipinski definition) is 1. The van der Waals surface area contributed by atoms with Gasteiger partial charge in [-0.2, -0.15) is 0 Å². The highest BCUT2D eigenvalue weighted by Gasteiger charge is 2.03. The summed E-state index contributed by atoms with van der Waals surface area (Å²) < 4.78 is 2.26. The van der Waals surface area contributed by atoms with E-state index in [-0.39, 0.29) is 12.4 Å². The average molecular weight is 237 g/mol. The maximum atomic E-state index is 5.70. The number of benzene rings is 1. The van der Waals surface area contributed by atoms with Gasteiger partial charge in [0.25, 0.3) is 0 Å². The highest BCUT2D eigenvalue weighted by molar-refractivity contribution is 5.85. The van der Waals surface area contributed by atoms with Crippen molar-refractivity contribution in [3.05, 3.63) is 59.4 Å². The molecule has 0 unspecified atom stereocenters. The normalized spacial score (nSPS) is 9.88. The molecule has 1 aromatic carbocycles. The third-order valence-electron chi connectivity index (χ3n) is 2.68. The summed E-state index contributed by atoms with van der Waals surface area (Å²) in [6.45, 7) is 3.62. The lowest BCUT2D eigenvalue weighted by atomic mass is 10.2. The maximum Gasteiger partial charge on any atom is 0.0475 e. The minimum Gasteiger partial charge on any atom is -0.343 e. The fraction of sp³-hybridized carbons (Fsp3) is 0.231. The molecular weight excluding hydrogens is 220 g/mol. The van der Waals surface area contributed by atoms with E-state index in [0.717, 1.165) is 6.54 Å². The van der Waals surface area contributed by atoms with E-state index in [4.69, 9.17) is 5.73 Å². The molecule has 0 bridgehead atoms. The van der Waals surface area contributed by atoms with Crippen molar-refractivity contribution >= 4 is 12.4 Å². The van der Waals surface area contributed by atoms with Gasteiger partial charge in [0.05, 0.1) is 0 Å². The molecule has 0 spiro atoms. The number of aryl methyl sites for hydroxylation is 1. The van der Waals surface area contributed by atoms with Crippen LogP contribution in [0.25, 0.3) is 0 Å². The van der Waals surface area contributed by atoms with Crippen molar-refractivity contribution in [3.8, 4) is 0 Å². The lowest BCUT2D eigenvalue weighted by Crippen LogP contribution is -2.09. The molecule has 2 N–H and O–H groups in total. The molecule has 1 aromatic heterocycles. The van der Waals surface area contributed by atoms with Gasteiger partial charge in [0.2, 0.25) is 0 Å². The number of aromatic nitrogens is 1. The lowest BCUT2D eigenvalue weighted by molar-refractivity contribution is 0.721. The molecule has 0 radical (unpaired) electrons. The first kappa shape index (κ1) is 12.8. The standard InChI is InChI=1S/C13H16N2.ClH/c1-11-7-8-13(9-14)15(11)10-12-5-3-2-4-6-12;/h2-8H,9-10,14H2,1H3;1H. The van der Waals surface area contributed by atoms with Crippen molar-refractivity contribution in [1.29, 1.82) is 0 Å². The molecule has 1 heterocycles. The summed E-state index contributed by atoms with van der Waals surface area (Å²) in [6, 6.07) is 14.7. The molecule has 0 saturated heterocycles. The molecule has 2 aromatic rings. The number of halogens is 1. The van der Waals surface area contributed by atoms with Crippen LogP contribution < -0.4 is 5.73 Å². The number of nitrogens with two attached hydrogens (primary N) is 1. The van der Waals surface area contributed by atoms with Gasteiger partial charge in [-0.05, 0) is 24.6 Å². The van der Waals surface area contributed by atoms with Crippen molar-refractivity contribution in [2.75, 3.05) is 0 Å². The third kappa shape index (κ3) is 2.65. The fourth-order valence-corrected chi connectivity index (χ4v) is 1.79. The van der Waals surface area contributed by atoms with Gasteiger partial charge in [-0.1, -0.05) is 30.3 Å². The second-order valence-corrected chi connectivity index (χ2v) is 3.74. The molecule has 0 saturated carbocycles. The molecule has 16 heavy (non-hydrogen) atoms. The number of nitrogens with zero attached hydrogens (tertiary/aromatic N) is 1. The van der Waals surface area contributed by atoms with Crippen molar-refractivity contribution in [2.24, 2.45) is 5.73 Å². The number of hydrogen-bond acceptors (Lipinski definition) is 1. The van der Waals surface area contributed by atoms with Crippen molar-refractivity contribution in [1.82, 2.24) is 4.57 Å². The topological polar surface area (TPSA) is 30.9 Å². The Balaban J connectivity index is 0.00000128. The van der Waals surface area contributed by atoms with Crippen molar-refractivity contribution in [3.63, 3.8) is 0 Å². The van der Waals surface area contributed by atoms with E-state index in [1.165, 1.54) is 17.0 Å². The summed E-state index contributed by atoms with van der Waals surface area (Å²) in [7, 11) is 0. The molecule has 0 aliphatic carbocycles. The van der Waals surface area contributed by atoms with E-state index < -0.39 is 0 Å². The molecule has 0 aliphatic rings. The third-order valence-corrected chi connectivity index (χ3v) is 2.68. The second kappa shape index (κ2) is 5.73. The first-order chi connectivity index (χ1) is 7.31. The van der Waals surface area contributed by atoms with Crippen LogP contribution in [0.2, 0.25) is 0 Å². The Labute approximate surface area is 102 Å². The predicted octanol–water partition coefficient (Wildman–Crippen LogP) is 2.73. The Morgan fingerprint density at radius 3 is 2.38 bits per heavy atom. The summed E-state index contributed by atoms with van der Waals surface area (Å²) in [5.74, 6) is 0. The zero-order valence-electron chi connectivity index (χ0n) is 9.39. The molecule has 0 fully saturated rings. The molecule has 2 rings (SSSR count). The lowest BCUT2D eigenvalue weighted by Gasteiger charge is -2.10. The van der Waals surface area contributed by atoms with Crippen molar-refractivity contribution in [2.45, 2.75) is 20.0 Å². The summed E-state index contributed by atoms with van der Waals surface area (Å²) in [5, 5.41) is 0. The predicted molar refractivity (Wildman–Crippen MR) is 69.9 cm³/mol. The van der Waals surface area contributed by atoms with E-state index >= 15 is 0 Å². The van der Waals surface area contributed by atoms with Crippen molar-refractivity contribution < 1.29 is 0 Å². The Kier molecular flexibility index (Phi) is 4.59. The average Bonchev–Trinajstić information content (AvgIpc) is 2.62. The molecule has 0 atom stereocenters. The molecule has 0 amide bonds. The van der Waals surface area contributed by atoms with Gasteiger partial charge >= 0.3 is 0 Å². The van der Waals surface area contributed by atoms with Crippen LogP contribution >= 0.6 is 12.4 Å². The first-order valence-electron chi connectivity index (χ1n) is 5.20. The second-order valence-electron chi connectivity index (χ2n) is 3.74. The summed E-state index contributed by atoms with van der Waals surface area (Å²) >= 11 is 0. The Bertz CT molecular complexity index is 434. The maximum absolute atomic E-state index is 5.70. The zero-order chi connectivity index (χ0) is 10.7. The quantitative estimate of drug-likeness (QED) is 0.873. The highest BCUT2D eigenvalue weighted by Crippen LogP contribution is 2.11. The zero-order valence-corrected chi connectivity index (χ0v) is 10.2. The van der Waals surface area contributed by atoms with Gasteiger partial charge in [-0.15, -0.1) is 12.4 Å². The van der Waals surface area contributed by atoms with Crippen LogP contribution in [0.3, 0.4) is 0 Å². The Hall–Kier alpha value is -1.25. The van der Waals surface area contributed by atoms with Crippen LogP contribution in [0.5, 0.6) is 0 Å². The van der Waals surface area contributed by atoms with Crippen LogP contribution in [-0.2, 0) is 13.1 Å². The molecule has 0 aliphatic heterocycles. The minimum absolute atomic E-state index is 0. The Morgan fingerprint density at radius 1 is 1.06 bits per heavy atom. The van der Waals surface area contributed by atoms with Gasteiger partial charge in [0.1, 0.15) is 0 Å². The van der Waals surface area contributed by atoms with Gasteiger partial charge in [-0.3, -0.25) is 0 Å². The van der Waals surface area contributed by atoms with E-state index in [0.29, 0.717) is 6.54 Å². The van der Waals surface area contributed by atoms with E-state index in [2.05, 4.69) is 47.9 Å². The van der Waals surface area contributed by atoms with E-state index in [1.54, 1.807) is 0 Å². The van der Waals surface area contributed by atoms with Gasteiger partial charge in [-0.25, -0.2) is 0 Å². The summed E-state index contributed by atoms with van der Waals surface area (Å²) in [6.07, 6.45) is 0. The minimum atomic E-state index is 0. The molecule has 86 valence electrons. The summed E-state index contributed by atoms with van der Waals surface area (Å²) in [5.41, 5.74) is 9.46. The Morgan fingerprint density at radius 2 is 1.75 bits per heavy atom. The van der Waals surface area contributed by atoms with E-state index in [9.17, 15) is 0 Å². The highest BCUT2D eigenvalue weighted by atomic mass is 35.5. The van der Waals surface area contributed by atoms with Gasteiger partial charge < -0.3 is 10.3 Å². The molecule has 3 heteroatoms.